The summed E-state index contributed by atoms with van der Waals surface area (Å²) in [6.07, 6.45) is 3.00. The van der Waals surface area contributed by atoms with Gasteiger partial charge in [-0.1, -0.05) is 0 Å². The predicted molar refractivity (Wildman–Crippen MR) is 105 cm³/mol. The Balaban J connectivity index is 1.73. The summed E-state index contributed by atoms with van der Waals surface area (Å²) in [4.78, 5) is 41.3. The Hall–Kier alpha value is -2.08. The molecule has 0 saturated carbocycles. The van der Waals surface area contributed by atoms with Crippen LogP contribution in [-0.4, -0.2) is 39.7 Å². The van der Waals surface area contributed by atoms with Crippen molar-refractivity contribution in [3.05, 3.63) is 49.0 Å². The Bertz CT molecular complexity index is 843. The van der Waals surface area contributed by atoms with Crippen molar-refractivity contribution < 1.29 is 14.5 Å². The summed E-state index contributed by atoms with van der Waals surface area (Å²) in [5.74, 6) is -0.774. The van der Waals surface area contributed by atoms with Crippen molar-refractivity contribution >= 4 is 56.6 Å². The zero-order valence-corrected chi connectivity index (χ0v) is 16.5. The Morgan fingerprint density at radius 3 is 2.92 bits per heavy atom. The van der Waals surface area contributed by atoms with Gasteiger partial charge in [-0.3, -0.25) is 19.7 Å². The molecule has 1 N–H and O–H groups in total. The van der Waals surface area contributed by atoms with E-state index in [1.54, 1.807) is 22.5 Å². The number of anilines is 1. The van der Waals surface area contributed by atoms with E-state index < -0.39 is 4.92 Å². The van der Waals surface area contributed by atoms with Crippen molar-refractivity contribution in [2.45, 2.75) is 12.8 Å². The van der Waals surface area contributed by atoms with E-state index >= 15 is 0 Å². The summed E-state index contributed by atoms with van der Waals surface area (Å²) in [6.45, 7) is 0.813. The number of likely N-dealkylation sites (tertiary alicyclic amines) is 1. The number of nitro benzene ring substituents is 1. The quantitative estimate of drug-likeness (QED) is 0.406. The standard InChI is InChI=1S/C16H15IN4O4S/c17-13-4-3-11(21(24)25)8-12(13)15(23)20-6-1-2-10(9-20)14(22)19-16-18-5-7-26-16/h3-5,7-8,10H,1-2,6,9H2,(H,18,19,22). The van der Waals surface area contributed by atoms with Crippen LogP contribution in [0, 0.1) is 19.6 Å². The number of rotatable bonds is 4. The highest BCUT2D eigenvalue weighted by Gasteiger charge is 2.30. The number of carbonyl (C=O) groups excluding carboxylic acids is 2. The topological polar surface area (TPSA) is 105 Å². The van der Waals surface area contributed by atoms with Gasteiger partial charge in [0.15, 0.2) is 5.13 Å². The Labute approximate surface area is 166 Å². The van der Waals surface area contributed by atoms with Gasteiger partial charge in [0.05, 0.1) is 16.4 Å². The maximum atomic E-state index is 12.8. The fraction of sp³-hybridized carbons (Fsp3) is 0.312. The van der Waals surface area contributed by atoms with E-state index in [9.17, 15) is 19.7 Å². The Kier molecular flexibility index (Phi) is 5.81. The molecule has 136 valence electrons. The highest BCUT2D eigenvalue weighted by Crippen LogP contribution is 2.25. The number of carbonyl (C=O) groups is 2. The minimum atomic E-state index is -0.520. The van der Waals surface area contributed by atoms with Gasteiger partial charge in [0.25, 0.3) is 11.6 Å². The van der Waals surface area contributed by atoms with E-state index in [0.29, 0.717) is 33.7 Å². The van der Waals surface area contributed by atoms with Gasteiger partial charge in [-0.25, -0.2) is 4.98 Å². The number of non-ortho nitro benzene ring substituents is 1. The largest absolute Gasteiger partial charge is 0.338 e. The Morgan fingerprint density at radius 2 is 2.23 bits per heavy atom. The van der Waals surface area contributed by atoms with Crippen molar-refractivity contribution in [3.8, 4) is 0 Å². The summed E-state index contributed by atoms with van der Waals surface area (Å²) in [5.41, 5.74) is 0.171. The van der Waals surface area contributed by atoms with Crippen LogP contribution in [0.1, 0.15) is 23.2 Å². The van der Waals surface area contributed by atoms with E-state index in [1.807, 2.05) is 22.6 Å². The van der Waals surface area contributed by atoms with Crippen LogP contribution in [0.3, 0.4) is 0 Å². The number of hydrogen-bond donors (Lipinski definition) is 1. The van der Waals surface area contributed by atoms with E-state index in [4.69, 9.17) is 0 Å². The van der Waals surface area contributed by atoms with Gasteiger partial charge >= 0.3 is 0 Å². The normalized spacial score (nSPS) is 17.0. The molecule has 0 aliphatic carbocycles. The van der Waals surface area contributed by atoms with Crippen molar-refractivity contribution in [1.82, 2.24) is 9.88 Å². The molecule has 10 heteroatoms. The molecule has 3 rings (SSSR count). The number of thiazole rings is 1. The fourth-order valence-electron chi connectivity index (χ4n) is 2.83. The average molecular weight is 486 g/mol. The van der Waals surface area contributed by atoms with Crippen LogP contribution in [0.5, 0.6) is 0 Å². The van der Waals surface area contributed by atoms with Crippen molar-refractivity contribution in [1.29, 1.82) is 0 Å². The van der Waals surface area contributed by atoms with Gasteiger partial charge < -0.3 is 10.2 Å². The first-order chi connectivity index (χ1) is 12.5. The van der Waals surface area contributed by atoms with E-state index in [-0.39, 0.29) is 30.0 Å². The third-order valence-corrected chi connectivity index (χ3v) is 5.76. The second-order valence-corrected chi connectivity index (χ2v) is 7.89. The number of piperidine rings is 1. The number of amides is 2. The van der Waals surface area contributed by atoms with E-state index in [2.05, 4.69) is 10.3 Å². The number of nitro groups is 1. The molecule has 2 heterocycles. The second kappa shape index (κ2) is 8.08. The number of aromatic nitrogens is 1. The van der Waals surface area contributed by atoms with Crippen LogP contribution in [0.15, 0.2) is 29.8 Å². The van der Waals surface area contributed by atoms with Crippen molar-refractivity contribution in [2.75, 3.05) is 18.4 Å². The molecule has 0 spiro atoms. The highest BCUT2D eigenvalue weighted by atomic mass is 127. The first-order valence-electron chi connectivity index (χ1n) is 7.89. The van der Waals surface area contributed by atoms with Gasteiger partial charge in [0, 0.05) is 40.4 Å². The first-order valence-corrected chi connectivity index (χ1v) is 9.85. The zero-order valence-electron chi connectivity index (χ0n) is 13.6. The monoisotopic (exact) mass is 486 g/mol. The number of benzene rings is 1. The minimum absolute atomic E-state index is 0.121. The maximum absolute atomic E-state index is 12.8. The lowest BCUT2D eigenvalue weighted by Gasteiger charge is -2.32. The summed E-state index contributed by atoms with van der Waals surface area (Å²) >= 11 is 3.33. The van der Waals surface area contributed by atoms with Gasteiger partial charge in [-0.15, -0.1) is 11.3 Å². The Morgan fingerprint density at radius 1 is 1.42 bits per heavy atom. The number of nitrogens with zero attached hydrogens (tertiary/aromatic N) is 3. The van der Waals surface area contributed by atoms with Crippen LogP contribution >= 0.6 is 33.9 Å². The highest BCUT2D eigenvalue weighted by molar-refractivity contribution is 14.1. The van der Waals surface area contributed by atoms with Crippen LogP contribution < -0.4 is 5.32 Å². The van der Waals surface area contributed by atoms with E-state index in [0.717, 1.165) is 0 Å². The molecule has 1 aliphatic heterocycles. The molecule has 0 radical (unpaired) electrons. The van der Waals surface area contributed by atoms with Gasteiger partial charge in [0.2, 0.25) is 5.91 Å². The number of halogens is 1. The molecule has 1 unspecified atom stereocenters. The lowest BCUT2D eigenvalue weighted by molar-refractivity contribution is -0.384. The van der Waals surface area contributed by atoms with Gasteiger partial charge in [0.1, 0.15) is 0 Å². The van der Waals surface area contributed by atoms with Crippen molar-refractivity contribution in [3.63, 3.8) is 0 Å². The zero-order chi connectivity index (χ0) is 18.7. The summed E-state index contributed by atoms with van der Waals surface area (Å²) in [5, 5.41) is 16.1. The second-order valence-electron chi connectivity index (χ2n) is 5.84. The van der Waals surface area contributed by atoms with Gasteiger partial charge in [-0.05, 0) is 41.5 Å². The minimum Gasteiger partial charge on any atom is -0.338 e. The third kappa shape index (κ3) is 4.18. The molecule has 0 bridgehead atoms. The lowest BCUT2D eigenvalue weighted by atomic mass is 9.96. The number of nitrogens with one attached hydrogen (secondary N) is 1. The molecule has 1 saturated heterocycles. The summed E-state index contributed by atoms with van der Waals surface area (Å²) in [7, 11) is 0. The van der Waals surface area contributed by atoms with Crippen LogP contribution in [0.2, 0.25) is 0 Å². The van der Waals surface area contributed by atoms with Crippen LogP contribution in [0.25, 0.3) is 0 Å². The molecular formula is C16H15IN4O4S. The molecule has 1 atom stereocenters. The molecule has 1 fully saturated rings. The summed E-state index contributed by atoms with van der Waals surface area (Å²) in [6, 6.07) is 4.23. The molecule has 26 heavy (non-hydrogen) atoms. The van der Waals surface area contributed by atoms with Gasteiger partial charge in [-0.2, -0.15) is 0 Å². The molecule has 2 aromatic rings. The van der Waals surface area contributed by atoms with Crippen LogP contribution in [-0.2, 0) is 4.79 Å². The molecular weight excluding hydrogens is 471 g/mol. The SMILES string of the molecule is O=C(Nc1nccs1)C1CCCN(C(=O)c2cc([N+](=O)[O-])ccc2I)C1. The first kappa shape index (κ1) is 18.7. The third-order valence-electron chi connectivity index (χ3n) is 4.13. The molecule has 1 aromatic heterocycles. The average Bonchev–Trinajstić information content (AvgIpc) is 3.14. The summed E-state index contributed by atoms with van der Waals surface area (Å²) < 4.78 is 0.646. The maximum Gasteiger partial charge on any atom is 0.270 e. The molecule has 1 aromatic carbocycles. The molecule has 2 amide bonds. The van der Waals surface area contributed by atoms with E-state index in [1.165, 1.54) is 23.5 Å². The predicted octanol–water partition coefficient (Wildman–Crippen LogP) is 3.15. The van der Waals surface area contributed by atoms with Crippen LogP contribution in [0.4, 0.5) is 10.8 Å². The smallest absolute Gasteiger partial charge is 0.270 e. The number of hydrogen-bond acceptors (Lipinski definition) is 6. The molecule has 8 nitrogen and oxygen atoms in total. The fourth-order valence-corrected chi connectivity index (χ4v) is 3.93. The molecule has 1 aliphatic rings. The lowest BCUT2D eigenvalue weighted by Crippen LogP contribution is -2.44. The van der Waals surface area contributed by atoms with Crippen molar-refractivity contribution in [2.24, 2.45) is 5.92 Å².